The highest BCUT2D eigenvalue weighted by Crippen LogP contribution is 2.16. The maximum absolute atomic E-state index is 4.44. The minimum atomic E-state index is 0.673. The zero-order chi connectivity index (χ0) is 11.3. The first kappa shape index (κ1) is 12.1. The lowest BCUT2D eigenvalue weighted by atomic mass is 10.3. The largest absolute Gasteiger partial charge is 0.358 e. The number of aromatic nitrogens is 2. The third-order valence-corrected chi connectivity index (χ3v) is 2.75. The lowest BCUT2D eigenvalue weighted by Crippen LogP contribution is -2.22. The normalized spacial score (nSPS) is 10.1. The van der Waals surface area contributed by atoms with Crippen molar-refractivity contribution in [2.45, 2.75) is 6.92 Å². The van der Waals surface area contributed by atoms with E-state index in [1.165, 1.54) is 0 Å². The minimum absolute atomic E-state index is 0.673. The maximum Gasteiger partial charge on any atom is 0.224 e. The molecule has 1 N–H and O–H groups in total. The molecule has 0 aliphatic rings. The number of thioether (sulfide) groups is 1. The molecule has 0 aliphatic carbocycles. The summed E-state index contributed by atoms with van der Waals surface area (Å²) < 4.78 is 0. The first-order valence-electron chi connectivity index (χ1n) is 4.90. The molecule has 0 amide bonds. The number of rotatable bonds is 5. The van der Waals surface area contributed by atoms with E-state index in [1.807, 2.05) is 31.9 Å². The van der Waals surface area contributed by atoms with Crippen molar-refractivity contribution in [2.24, 2.45) is 0 Å². The number of anilines is 2. The molecular weight excluding hydrogens is 208 g/mol. The molecule has 0 bridgehead atoms. The molecule has 84 valence electrons. The number of aryl methyl sites for hydroxylation is 1. The van der Waals surface area contributed by atoms with Crippen LogP contribution in [0.1, 0.15) is 5.56 Å². The summed E-state index contributed by atoms with van der Waals surface area (Å²) in [4.78, 5) is 10.8. The Bertz CT molecular complexity index is 316. The van der Waals surface area contributed by atoms with Gasteiger partial charge in [0.2, 0.25) is 5.95 Å². The van der Waals surface area contributed by atoms with Gasteiger partial charge in [0.05, 0.1) is 0 Å². The van der Waals surface area contributed by atoms with E-state index in [0.29, 0.717) is 5.95 Å². The highest BCUT2D eigenvalue weighted by Gasteiger charge is 2.07. The molecule has 0 fully saturated rings. The molecule has 0 atom stereocenters. The monoisotopic (exact) mass is 226 g/mol. The summed E-state index contributed by atoms with van der Waals surface area (Å²) in [5.41, 5.74) is 1.11. The van der Waals surface area contributed by atoms with Crippen molar-refractivity contribution >= 4 is 23.5 Å². The molecule has 1 aromatic heterocycles. The molecule has 1 heterocycles. The Kier molecular flexibility index (Phi) is 4.68. The number of hydrogen-bond donors (Lipinski definition) is 1. The quantitative estimate of drug-likeness (QED) is 0.826. The maximum atomic E-state index is 4.44. The van der Waals surface area contributed by atoms with Gasteiger partial charge in [-0.2, -0.15) is 16.7 Å². The van der Waals surface area contributed by atoms with Crippen molar-refractivity contribution < 1.29 is 0 Å². The molecule has 0 spiro atoms. The summed E-state index contributed by atoms with van der Waals surface area (Å²) in [6.45, 7) is 3.03. The van der Waals surface area contributed by atoms with E-state index in [0.717, 1.165) is 23.7 Å². The molecule has 0 radical (unpaired) electrons. The minimum Gasteiger partial charge on any atom is -0.358 e. The predicted molar refractivity (Wildman–Crippen MR) is 68.0 cm³/mol. The van der Waals surface area contributed by atoms with Gasteiger partial charge < -0.3 is 10.2 Å². The lowest BCUT2D eigenvalue weighted by molar-refractivity contribution is 0.926. The Hall–Kier alpha value is -0.970. The van der Waals surface area contributed by atoms with E-state index < -0.39 is 0 Å². The van der Waals surface area contributed by atoms with Gasteiger partial charge in [-0.05, 0) is 13.2 Å². The van der Waals surface area contributed by atoms with E-state index in [-0.39, 0.29) is 0 Å². The van der Waals surface area contributed by atoms with E-state index in [4.69, 9.17) is 0 Å². The van der Waals surface area contributed by atoms with Crippen LogP contribution in [-0.2, 0) is 0 Å². The Morgan fingerprint density at radius 1 is 1.53 bits per heavy atom. The van der Waals surface area contributed by atoms with Gasteiger partial charge in [-0.15, -0.1) is 0 Å². The molecule has 1 rings (SSSR count). The van der Waals surface area contributed by atoms with Crippen molar-refractivity contribution in [3.8, 4) is 0 Å². The van der Waals surface area contributed by atoms with E-state index >= 15 is 0 Å². The van der Waals surface area contributed by atoms with Gasteiger partial charge in [-0.1, -0.05) is 0 Å². The van der Waals surface area contributed by atoms with Crippen molar-refractivity contribution in [1.82, 2.24) is 9.97 Å². The zero-order valence-electron chi connectivity index (χ0n) is 9.74. The van der Waals surface area contributed by atoms with Crippen molar-refractivity contribution in [3.63, 3.8) is 0 Å². The van der Waals surface area contributed by atoms with Gasteiger partial charge in [-0.25, -0.2) is 4.98 Å². The molecule has 5 heteroatoms. The molecule has 1 aromatic rings. The molecule has 0 aliphatic heterocycles. The second kappa shape index (κ2) is 5.80. The summed E-state index contributed by atoms with van der Waals surface area (Å²) >= 11 is 1.84. The zero-order valence-corrected chi connectivity index (χ0v) is 10.6. The summed E-state index contributed by atoms with van der Waals surface area (Å²) in [6.07, 6.45) is 3.96. The SMILES string of the molecule is CNc1ncc(C)c(N(C)CCSC)n1. The van der Waals surface area contributed by atoms with Crippen LogP contribution >= 0.6 is 11.8 Å². The van der Waals surface area contributed by atoms with E-state index in [1.54, 1.807) is 0 Å². The molecule has 0 unspecified atom stereocenters. The van der Waals surface area contributed by atoms with Crippen LogP contribution in [0.25, 0.3) is 0 Å². The summed E-state index contributed by atoms with van der Waals surface area (Å²) in [6, 6.07) is 0. The van der Waals surface area contributed by atoms with Crippen LogP contribution in [0.4, 0.5) is 11.8 Å². The van der Waals surface area contributed by atoms with Crippen molar-refractivity contribution in [2.75, 3.05) is 42.9 Å². The average Bonchev–Trinajstić information content (AvgIpc) is 2.26. The third-order valence-electron chi connectivity index (χ3n) is 2.16. The van der Waals surface area contributed by atoms with Crippen LogP contribution in [0.5, 0.6) is 0 Å². The Labute approximate surface area is 95.5 Å². The molecule has 0 aromatic carbocycles. The first-order chi connectivity index (χ1) is 7.19. The van der Waals surface area contributed by atoms with Crippen LogP contribution in [0.2, 0.25) is 0 Å². The highest BCUT2D eigenvalue weighted by molar-refractivity contribution is 7.98. The second-order valence-corrected chi connectivity index (χ2v) is 4.35. The highest BCUT2D eigenvalue weighted by atomic mass is 32.2. The number of nitrogens with zero attached hydrogens (tertiary/aromatic N) is 3. The Balaban J connectivity index is 2.81. The number of hydrogen-bond acceptors (Lipinski definition) is 5. The average molecular weight is 226 g/mol. The predicted octanol–water partition coefficient (Wildman–Crippen LogP) is 1.63. The fourth-order valence-corrected chi connectivity index (χ4v) is 1.73. The van der Waals surface area contributed by atoms with Gasteiger partial charge in [0.25, 0.3) is 0 Å². The van der Waals surface area contributed by atoms with Gasteiger partial charge in [-0.3, -0.25) is 0 Å². The first-order valence-corrected chi connectivity index (χ1v) is 6.30. The van der Waals surface area contributed by atoms with Gasteiger partial charge in [0, 0.05) is 38.2 Å². The van der Waals surface area contributed by atoms with Gasteiger partial charge >= 0.3 is 0 Å². The fraction of sp³-hybridized carbons (Fsp3) is 0.600. The van der Waals surface area contributed by atoms with E-state index in [9.17, 15) is 0 Å². The lowest BCUT2D eigenvalue weighted by Gasteiger charge is -2.19. The Morgan fingerprint density at radius 3 is 2.87 bits per heavy atom. The van der Waals surface area contributed by atoms with Crippen molar-refractivity contribution in [3.05, 3.63) is 11.8 Å². The van der Waals surface area contributed by atoms with Crippen LogP contribution in [-0.4, -0.2) is 42.6 Å². The molecule has 0 saturated heterocycles. The molecule has 0 saturated carbocycles. The van der Waals surface area contributed by atoms with Crippen LogP contribution < -0.4 is 10.2 Å². The molecule has 4 nitrogen and oxygen atoms in total. The standard InChI is InChI=1S/C10H18N4S/c1-8-7-12-10(11-2)13-9(8)14(3)5-6-15-4/h7H,5-6H2,1-4H3,(H,11,12,13). The van der Waals surface area contributed by atoms with Crippen LogP contribution in [0.15, 0.2) is 6.20 Å². The van der Waals surface area contributed by atoms with Crippen molar-refractivity contribution in [1.29, 1.82) is 0 Å². The van der Waals surface area contributed by atoms with Gasteiger partial charge in [0.1, 0.15) is 5.82 Å². The smallest absolute Gasteiger partial charge is 0.224 e. The van der Waals surface area contributed by atoms with E-state index in [2.05, 4.69) is 33.5 Å². The Morgan fingerprint density at radius 2 is 2.27 bits per heavy atom. The summed E-state index contributed by atoms with van der Waals surface area (Å²) in [5, 5.41) is 2.95. The molecular formula is C10H18N4S. The topological polar surface area (TPSA) is 41.1 Å². The second-order valence-electron chi connectivity index (χ2n) is 3.36. The number of nitrogens with one attached hydrogen (secondary N) is 1. The molecule has 15 heavy (non-hydrogen) atoms. The summed E-state index contributed by atoms with van der Waals surface area (Å²) in [7, 11) is 3.89. The summed E-state index contributed by atoms with van der Waals surface area (Å²) in [5.74, 6) is 2.78. The fourth-order valence-electron chi connectivity index (χ4n) is 1.27. The van der Waals surface area contributed by atoms with Crippen LogP contribution in [0, 0.1) is 6.92 Å². The van der Waals surface area contributed by atoms with Gasteiger partial charge in [0.15, 0.2) is 0 Å². The third kappa shape index (κ3) is 3.27. The van der Waals surface area contributed by atoms with Crippen LogP contribution in [0.3, 0.4) is 0 Å².